The number of rotatable bonds is 4. The van der Waals surface area contributed by atoms with E-state index in [1.54, 1.807) is 6.07 Å². The molecule has 3 N–H and O–H groups in total. The van der Waals surface area contributed by atoms with Gasteiger partial charge in [-0.25, -0.2) is 0 Å². The van der Waals surface area contributed by atoms with Gasteiger partial charge in [0.25, 0.3) is 0 Å². The molecule has 1 aromatic carbocycles. The molecule has 1 unspecified atom stereocenters. The van der Waals surface area contributed by atoms with E-state index in [0.717, 1.165) is 18.4 Å². The highest BCUT2D eigenvalue weighted by atomic mass is 16.3. The summed E-state index contributed by atoms with van der Waals surface area (Å²) in [5, 5.41) is 22.3. The quantitative estimate of drug-likeness (QED) is 0.656. The van der Waals surface area contributed by atoms with Crippen molar-refractivity contribution in [3.63, 3.8) is 0 Å². The summed E-state index contributed by atoms with van der Waals surface area (Å²) in [4.78, 5) is 12.6. The Balaban J connectivity index is 1.84. The number of hydrogen-bond donors (Lipinski definition) is 3. The molecule has 2 rings (SSSR count). The monoisotopic (exact) mass is 361 g/mol. The van der Waals surface area contributed by atoms with Gasteiger partial charge < -0.3 is 15.5 Å². The van der Waals surface area contributed by atoms with E-state index < -0.39 is 0 Å². The van der Waals surface area contributed by atoms with Gasteiger partial charge in [-0.2, -0.15) is 0 Å². The van der Waals surface area contributed by atoms with Crippen molar-refractivity contribution in [1.29, 1.82) is 0 Å². The third-order valence-electron chi connectivity index (χ3n) is 5.48. The summed E-state index contributed by atoms with van der Waals surface area (Å²) in [6.07, 6.45) is 14.4. The predicted molar refractivity (Wildman–Crippen MR) is 105 cm³/mol. The minimum atomic E-state index is -0.152. The van der Waals surface area contributed by atoms with Crippen LogP contribution in [0.2, 0.25) is 0 Å². The maximum Gasteiger partial charge on any atom is 0.223 e. The van der Waals surface area contributed by atoms with Crippen LogP contribution in [0.1, 0.15) is 83.1 Å². The topological polar surface area (TPSA) is 69.6 Å². The number of amides is 1. The van der Waals surface area contributed by atoms with E-state index in [1.165, 1.54) is 69.9 Å². The summed E-state index contributed by atoms with van der Waals surface area (Å²) in [6, 6.07) is 5.06. The molecule has 0 aliphatic heterocycles. The highest BCUT2D eigenvalue weighted by Gasteiger charge is 2.18. The fraction of sp³-hybridized carbons (Fsp3) is 0.682. The molecule has 1 aliphatic rings. The number of carbonyl (C=O) groups is 1. The van der Waals surface area contributed by atoms with Gasteiger partial charge in [-0.3, -0.25) is 4.79 Å². The van der Waals surface area contributed by atoms with E-state index in [0.29, 0.717) is 6.42 Å². The summed E-state index contributed by atoms with van der Waals surface area (Å²) in [6.45, 7) is 1.93. The maximum absolute atomic E-state index is 12.6. The van der Waals surface area contributed by atoms with E-state index in [9.17, 15) is 15.0 Å². The smallest absolute Gasteiger partial charge is 0.223 e. The van der Waals surface area contributed by atoms with Crippen LogP contribution in [0.4, 0.5) is 0 Å². The maximum atomic E-state index is 12.6. The molecule has 0 saturated heterocycles. The minimum Gasteiger partial charge on any atom is -0.504 e. The van der Waals surface area contributed by atoms with Crippen LogP contribution in [0, 0.1) is 5.92 Å². The fourth-order valence-corrected chi connectivity index (χ4v) is 3.79. The van der Waals surface area contributed by atoms with Gasteiger partial charge in [0.2, 0.25) is 5.91 Å². The predicted octanol–water partition coefficient (Wildman–Crippen LogP) is 5.07. The minimum absolute atomic E-state index is 0.0923. The lowest BCUT2D eigenvalue weighted by Crippen LogP contribution is -2.38. The molecule has 1 aliphatic carbocycles. The van der Waals surface area contributed by atoms with Crippen molar-refractivity contribution >= 4 is 5.91 Å². The summed E-state index contributed by atoms with van der Waals surface area (Å²) in [5.41, 5.74) is 0.863. The Hall–Kier alpha value is -1.71. The second-order valence-electron chi connectivity index (χ2n) is 7.89. The van der Waals surface area contributed by atoms with Gasteiger partial charge in [0, 0.05) is 12.0 Å². The summed E-state index contributed by atoms with van der Waals surface area (Å²) >= 11 is 0. The summed E-state index contributed by atoms with van der Waals surface area (Å²) in [5.74, 6) is -0.316. The van der Waals surface area contributed by atoms with E-state index in [4.69, 9.17) is 0 Å². The highest BCUT2D eigenvalue weighted by molar-refractivity contribution is 5.78. The van der Waals surface area contributed by atoms with E-state index in [-0.39, 0.29) is 29.4 Å². The average Bonchev–Trinajstić information content (AvgIpc) is 2.60. The molecule has 0 aromatic heterocycles. The lowest BCUT2D eigenvalue weighted by Gasteiger charge is -2.22. The van der Waals surface area contributed by atoms with Crippen molar-refractivity contribution in [3.05, 3.63) is 23.8 Å². The van der Waals surface area contributed by atoms with Crippen molar-refractivity contribution < 1.29 is 15.0 Å². The number of hydrogen-bond acceptors (Lipinski definition) is 3. The summed E-state index contributed by atoms with van der Waals surface area (Å²) in [7, 11) is 0. The molecule has 0 heterocycles. The Morgan fingerprint density at radius 2 is 1.50 bits per heavy atom. The highest BCUT2D eigenvalue weighted by Crippen LogP contribution is 2.26. The van der Waals surface area contributed by atoms with Crippen LogP contribution in [-0.2, 0) is 11.2 Å². The van der Waals surface area contributed by atoms with Crippen LogP contribution in [0.15, 0.2) is 18.2 Å². The SMILES string of the molecule is CC(Cc1ccc(O)c(O)c1)C(=O)NC1CCCCCCCCCCC1. The molecule has 1 atom stereocenters. The van der Waals surface area contributed by atoms with E-state index in [2.05, 4.69) is 5.32 Å². The number of nitrogens with one attached hydrogen (secondary N) is 1. The van der Waals surface area contributed by atoms with Crippen LogP contribution in [0.3, 0.4) is 0 Å². The van der Waals surface area contributed by atoms with Crippen LogP contribution < -0.4 is 5.32 Å². The molecule has 1 fully saturated rings. The molecule has 26 heavy (non-hydrogen) atoms. The van der Waals surface area contributed by atoms with E-state index in [1.807, 2.05) is 6.92 Å². The van der Waals surface area contributed by atoms with Crippen molar-refractivity contribution in [2.45, 2.75) is 90.0 Å². The lowest BCUT2D eigenvalue weighted by molar-refractivity contribution is -0.125. The van der Waals surface area contributed by atoms with Gasteiger partial charge in [0.05, 0.1) is 0 Å². The van der Waals surface area contributed by atoms with Gasteiger partial charge in [-0.1, -0.05) is 70.8 Å². The Morgan fingerprint density at radius 1 is 0.962 bits per heavy atom. The Kier molecular flexibility index (Phi) is 8.79. The largest absolute Gasteiger partial charge is 0.504 e. The first-order valence-electron chi connectivity index (χ1n) is 10.4. The third-order valence-corrected chi connectivity index (χ3v) is 5.48. The van der Waals surface area contributed by atoms with Gasteiger partial charge in [-0.15, -0.1) is 0 Å². The van der Waals surface area contributed by atoms with Gasteiger partial charge in [-0.05, 0) is 37.0 Å². The molecule has 0 spiro atoms. The molecule has 0 bridgehead atoms. The van der Waals surface area contributed by atoms with Crippen molar-refractivity contribution in [2.24, 2.45) is 5.92 Å². The molecule has 4 nitrogen and oxygen atoms in total. The van der Waals surface area contributed by atoms with E-state index >= 15 is 0 Å². The van der Waals surface area contributed by atoms with Gasteiger partial charge in [0.15, 0.2) is 11.5 Å². The molecular weight excluding hydrogens is 326 g/mol. The molecule has 146 valence electrons. The fourth-order valence-electron chi connectivity index (χ4n) is 3.79. The number of phenolic OH excluding ortho intramolecular Hbond substituents is 2. The van der Waals surface area contributed by atoms with Crippen LogP contribution in [0.25, 0.3) is 0 Å². The lowest BCUT2D eigenvalue weighted by atomic mass is 9.96. The second-order valence-corrected chi connectivity index (χ2v) is 7.89. The number of benzene rings is 1. The van der Waals surface area contributed by atoms with Crippen LogP contribution in [-0.4, -0.2) is 22.2 Å². The number of aromatic hydroxyl groups is 2. The first kappa shape index (κ1) is 20.6. The second kappa shape index (κ2) is 11.1. The molecule has 0 radical (unpaired) electrons. The standard InChI is InChI=1S/C22H35NO3/c1-17(15-18-13-14-20(24)21(25)16-18)22(26)23-19-11-9-7-5-3-2-4-6-8-10-12-19/h13-14,16-17,19,24-25H,2-12,15H2,1H3,(H,23,26). The number of phenols is 2. The average molecular weight is 362 g/mol. The van der Waals surface area contributed by atoms with Crippen molar-refractivity contribution in [3.8, 4) is 11.5 Å². The van der Waals surface area contributed by atoms with Crippen LogP contribution in [0.5, 0.6) is 11.5 Å². The molecule has 1 amide bonds. The zero-order chi connectivity index (χ0) is 18.8. The zero-order valence-electron chi connectivity index (χ0n) is 16.2. The first-order chi connectivity index (χ1) is 12.6. The molecule has 1 aromatic rings. The van der Waals surface area contributed by atoms with Crippen LogP contribution >= 0.6 is 0 Å². The van der Waals surface area contributed by atoms with Crippen molar-refractivity contribution in [1.82, 2.24) is 5.32 Å². The summed E-state index contributed by atoms with van der Waals surface area (Å²) < 4.78 is 0. The normalized spacial score (nSPS) is 19.1. The molecule has 1 saturated carbocycles. The first-order valence-corrected chi connectivity index (χ1v) is 10.4. The third kappa shape index (κ3) is 7.27. The molecule has 4 heteroatoms. The van der Waals surface area contributed by atoms with Gasteiger partial charge >= 0.3 is 0 Å². The zero-order valence-corrected chi connectivity index (χ0v) is 16.2. The van der Waals surface area contributed by atoms with Gasteiger partial charge in [0.1, 0.15) is 0 Å². The molecular formula is C22H35NO3. The number of carbonyl (C=O) groups excluding carboxylic acids is 1. The Bertz CT molecular complexity index is 546. The van der Waals surface area contributed by atoms with Crippen molar-refractivity contribution in [2.75, 3.05) is 0 Å². The Morgan fingerprint density at radius 3 is 2.04 bits per heavy atom. The Labute approximate surface area is 158 Å².